The molecule has 0 rings (SSSR count). The second-order valence-corrected chi connectivity index (χ2v) is 3.76. The number of carbonyl (C=O) groups excluding carboxylic acids is 1. The first-order valence-electron chi connectivity index (χ1n) is 4.73. The number of halogens is 6. The van der Waals surface area contributed by atoms with Crippen LogP contribution in [0.5, 0.6) is 0 Å². The zero-order valence-electron chi connectivity index (χ0n) is 9.37. The molecule has 1 atom stereocenters. The number of alkyl halides is 6. The lowest BCUT2D eigenvalue weighted by Crippen LogP contribution is -2.57. The first-order valence-corrected chi connectivity index (χ1v) is 4.73. The summed E-state index contributed by atoms with van der Waals surface area (Å²) in [6, 6.07) is 0. The molecule has 0 aromatic heterocycles. The van der Waals surface area contributed by atoms with Crippen LogP contribution in [0.1, 0.15) is 27.2 Å². The molecule has 0 saturated carbocycles. The van der Waals surface area contributed by atoms with Gasteiger partial charge in [-0.05, 0) is 13.3 Å². The second kappa shape index (κ2) is 4.73. The SMILES string of the molecule is CCC(C)C(=O)OC(C)(C(F)(F)F)C(F)(F)F. The molecule has 0 spiro atoms. The Hall–Kier alpha value is -0.950. The second-order valence-electron chi connectivity index (χ2n) is 3.76. The van der Waals surface area contributed by atoms with Gasteiger partial charge in [0, 0.05) is 0 Å². The van der Waals surface area contributed by atoms with Crippen molar-refractivity contribution < 1.29 is 35.9 Å². The monoisotopic (exact) mass is 266 g/mol. The molecule has 0 aromatic carbocycles. The minimum absolute atomic E-state index is 0.0879. The smallest absolute Gasteiger partial charge is 0.437 e. The summed E-state index contributed by atoms with van der Waals surface area (Å²) in [5.74, 6) is -2.55. The highest BCUT2D eigenvalue weighted by atomic mass is 19.4. The van der Waals surface area contributed by atoms with Gasteiger partial charge in [-0.3, -0.25) is 4.79 Å². The van der Waals surface area contributed by atoms with Gasteiger partial charge in [0.2, 0.25) is 0 Å². The van der Waals surface area contributed by atoms with E-state index in [4.69, 9.17) is 0 Å². The van der Waals surface area contributed by atoms with Gasteiger partial charge in [0.15, 0.2) is 0 Å². The van der Waals surface area contributed by atoms with Crippen molar-refractivity contribution in [2.24, 2.45) is 5.92 Å². The lowest BCUT2D eigenvalue weighted by atomic mass is 10.0. The fourth-order valence-corrected chi connectivity index (χ4v) is 0.745. The normalized spacial score (nSPS) is 15.6. The van der Waals surface area contributed by atoms with E-state index in [1.807, 2.05) is 0 Å². The van der Waals surface area contributed by atoms with Crippen LogP contribution in [0, 0.1) is 5.92 Å². The Balaban J connectivity index is 5.20. The zero-order chi connectivity index (χ0) is 14.1. The van der Waals surface area contributed by atoms with Gasteiger partial charge in [0.1, 0.15) is 0 Å². The molecule has 0 heterocycles. The average molecular weight is 266 g/mol. The molecular formula is C9H12F6O2. The number of ether oxygens (including phenoxy) is 1. The molecule has 0 aliphatic carbocycles. The predicted octanol–water partition coefficient (Wildman–Crippen LogP) is 3.46. The van der Waals surface area contributed by atoms with Gasteiger partial charge in [0.05, 0.1) is 5.92 Å². The fourth-order valence-electron chi connectivity index (χ4n) is 0.745. The van der Waals surface area contributed by atoms with E-state index < -0.39 is 29.8 Å². The number of hydrogen-bond acceptors (Lipinski definition) is 2. The molecule has 0 aliphatic rings. The molecule has 102 valence electrons. The molecule has 2 nitrogen and oxygen atoms in total. The van der Waals surface area contributed by atoms with E-state index in [-0.39, 0.29) is 13.3 Å². The molecule has 0 bridgehead atoms. The van der Waals surface area contributed by atoms with Crippen molar-refractivity contribution in [3.8, 4) is 0 Å². The van der Waals surface area contributed by atoms with E-state index in [1.54, 1.807) is 0 Å². The number of rotatable bonds is 3. The van der Waals surface area contributed by atoms with Crippen molar-refractivity contribution in [1.29, 1.82) is 0 Å². The van der Waals surface area contributed by atoms with E-state index in [0.717, 1.165) is 0 Å². The Morgan fingerprint density at radius 2 is 1.47 bits per heavy atom. The Labute approximate surface area is 93.9 Å². The zero-order valence-corrected chi connectivity index (χ0v) is 9.37. The summed E-state index contributed by atoms with van der Waals surface area (Å²) in [4.78, 5) is 11.1. The van der Waals surface area contributed by atoms with Crippen LogP contribution in [0.25, 0.3) is 0 Å². The van der Waals surface area contributed by atoms with Crippen LogP contribution in [0.2, 0.25) is 0 Å². The maximum Gasteiger partial charge on any atom is 0.437 e. The van der Waals surface area contributed by atoms with Crippen molar-refractivity contribution in [1.82, 2.24) is 0 Å². The summed E-state index contributed by atoms with van der Waals surface area (Å²) in [5, 5.41) is 0. The molecule has 1 unspecified atom stereocenters. The standard InChI is InChI=1S/C9H12F6O2/c1-4-5(2)6(16)17-7(3,8(10,11)12)9(13,14)15/h5H,4H2,1-3H3. The molecule has 0 N–H and O–H groups in total. The van der Waals surface area contributed by atoms with Crippen molar-refractivity contribution >= 4 is 5.97 Å². The average Bonchev–Trinajstić information content (AvgIpc) is 2.12. The fraction of sp³-hybridized carbons (Fsp3) is 0.889. The number of hydrogen-bond donors (Lipinski definition) is 0. The minimum atomic E-state index is -5.71. The summed E-state index contributed by atoms with van der Waals surface area (Å²) in [7, 11) is 0. The van der Waals surface area contributed by atoms with Gasteiger partial charge in [-0.15, -0.1) is 0 Å². The van der Waals surface area contributed by atoms with E-state index >= 15 is 0 Å². The lowest BCUT2D eigenvalue weighted by Gasteiger charge is -2.33. The van der Waals surface area contributed by atoms with Crippen molar-refractivity contribution in [2.45, 2.75) is 45.1 Å². The van der Waals surface area contributed by atoms with E-state index in [0.29, 0.717) is 0 Å². The number of carbonyl (C=O) groups is 1. The third kappa shape index (κ3) is 3.26. The van der Waals surface area contributed by atoms with E-state index in [2.05, 4.69) is 4.74 Å². The van der Waals surface area contributed by atoms with Gasteiger partial charge < -0.3 is 4.74 Å². The maximum absolute atomic E-state index is 12.3. The van der Waals surface area contributed by atoms with Gasteiger partial charge >= 0.3 is 18.3 Å². The van der Waals surface area contributed by atoms with Crippen molar-refractivity contribution in [3.63, 3.8) is 0 Å². The summed E-state index contributed by atoms with van der Waals surface area (Å²) >= 11 is 0. The molecular weight excluding hydrogens is 254 g/mol. The molecule has 17 heavy (non-hydrogen) atoms. The van der Waals surface area contributed by atoms with Gasteiger partial charge in [-0.2, -0.15) is 26.3 Å². The van der Waals surface area contributed by atoms with Crippen LogP contribution in [0.15, 0.2) is 0 Å². The highest BCUT2D eigenvalue weighted by Crippen LogP contribution is 2.45. The highest BCUT2D eigenvalue weighted by Gasteiger charge is 2.71. The van der Waals surface area contributed by atoms with Crippen LogP contribution in [-0.4, -0.2) is 23.9 Å². The summed E-state index contributed by atoms with van der Waals surface area (Å²) in [6.45, 7) is 2.44. The van der Waals surface area contributed by atoms with Crippen LogP contribution in [-0.2, 0) is 9.53 Å². The predicted molar refractivity (Wildman–Crippen MR) is 46.1 cm³/mol. The number of esters is 1. The van der Waals surface area contributed by atoms with Crippen molar-refractivity contribution in [2.75, 3.05) is 0 Å². The molecule has 0 aliphatic heterocycles. The quantitative estimate of drug-likeness (QED) is 0.577. The third-order valence-corrected chi connectivity index (χ3v) is 2.40. The molecule has 0 amide bonds. The summed E-state index contributed by atoms with van der Waals surface area (Å²) in [6.07, 6.45) is -11.3. The van der Waals surface area contributed by atoms with E-state index in [9.17, 15) is 31.1 Å². The molecule has 0 saturated heterocycles. The summed E-state index contributed by atoms with van der Waals surface area (Å²) < 4.78 is 77.6. The summed E-state index contributed by atoms with van der Waals surface area (Å²) in [5.41, 5.74) is -4.47. The van der Waals surface area contributed by atoms with Gasteiger partial charge in [-0.25, -0.2) is 0 Å². The van der Waals surface area contributed by atoms with Gasteiger partial charge in [0.25, 0.3) is 5.60 Å². The highest BCUT2D eigenvalue weighted by molar-refractivity contribution is 5.72. The minimum Gasteiger partial charge on any atom is -0.440 e. The molecule has 8 heteroatoms. The van der Waals surface area contributed by atoms with E-state index in [1.165, 1.54) is 13.8 Å². The Morgan fingerprint density at radius 3 is 1.71 bits per heavy atom. The first-order chi connectivity index (χ1) is 7.37. The van der Waals surface area contributed by atoms with Gasteiger partial charge in [-0.1, -0.05) is 13.8 Å². The largest absolute Gasteiger partial charge is 0.440 e. The van der Waals surface area contributed by atoms with Crippen LogP contribution in [0.4, 0.5) is 26.3 Å². The topological polar surface area (TPSA) is 26.3 Å². The maximum atomic E-state index is 12.3. The molecule has 0 fully saturated rings. The van der Waals surface area contributed by atoms with Crippen LogP contribution >= 0.6 is 0 Å². The Bertz CT molecular complexity index is 266. The lowest BCUT2D eigenvalue weighted by molar-refractivity contribution is -0.363. The van der Waals surface area contributed by atoms with Crippen LogP contribution < -0.4 is 0 Å². The molecule has 0 radical (unpaired) electrons. The third-order valence-electron chi connectivity index (χ3n) is 2.40. The van der Waals surface area contributed by atoms with Crippen LogP contribution in [0.3, 0.4) is 0 Å². The first kappa shape index (κ1) is 16.1. The molecule has 0 aromatic rings. The Kier molecular flexibility index (Phi) is 4.47. The van der Waals surface area contributed by atoms with Crippen molar-refractivity contribution in [3.05, 3.63) is 0 Å². The Morgan fingerprint density at radius 1 is 1.12 bits per heavy atom.